The van der Waals surface area contributed by atoms with E-state index < -0.39 is 11.6 Å². The fourth-order valence-electron chi connectivity index (χ4n) is 3.69. The van der Waals surface area contributed by atoms with Crippen molar-refractivity contribution in [1.82, 2.24) is 0 Å². The zero-order valence-corrected chi connectivity index (χ0v) is 10.1. The Balaban J connectivity index is 1.95. The molecule has 0 amide bonds. The number of rotatable bonds is 2. The molecule has 0 aromatic carbocycles. The van der Waals surface area contributed by atoms with Gasteiger partial charge in [-0.05, 0) is 49.9 Å². The number of carbonyl (C=O) groups is 1. The first kappa shape index (κ1) is 11.9. The van der Waals surface area contributed by atoms with Crippen molar-refractivity contribution in [3.05, 3.63) is 0 Å². The van der Waals surface area contributed by atoms with Gasteiger partial charge in [-0.15, -0.1) is 0 Å². The Morgan fingerprint density at radius 2 is 1.62 bits per heavy atom. The van der Waals surface area contributed by atoms with Gasteiger partial charge in [0.05, 0.1) is 11.5 Å². The molecule has 2 saturated carbocycles. The lowest BCUT2D eigenvalue weighted by Gasteiger charge is -2.50. The van der Waals surface area contributed by atoms with Crippen LogP contribution in [0.25, 0.3) is 0 Å². The highest BCUT2D eigenvalue weighted by Crippen LogP contribution is 2.50. The third-order valence-electron chi connectivity index (χ3n) is 4.49. The maximum Gasteiger partial charge on any atom is 0.306 e. The molecule has 0 saturated heterocycles. The molecule has 2 fully saturated rings. The normalized spacial score (nSPS) is 48.4. The molecule has 2 N–H and O–H groups in total. The Morgan fingerprint density at radius 3 is 2.06 bits per heavy atom. The van der Waals surface area contributed by atoms with E-state index in [2.05, 4.69) is 13.8 Å². The molecule has 2 aliphatic carbocycles. The van der Waals surface area contributed by atoms with Crippen LogP contribution >= 0.6 is 0 Å². The minimum atomic E-state index is -0.749. The number of aliphatic hydroxyl groups is 1. The average molecular weight is 226 g/mol. The fourth-order valence-corrected chi connectivity index (χ4v) is 3.69. The molecule has 2 rings (SSSR count). The Morgan fingerprint density at radius 1 is 1.12 bits per heavy atom. The molecule has 3 heteroatoms. The van der Waals surface area contributed by atoms with Crippen LogP contribution in [0.1, 0.15) is 46.0 Å². The lowest BCUT2D eigenvalue weighted by Crippen LogP contribution is -2.53. The van der Waals surface area contributed by atoms with Gasteiger partial charge in [0.2, 0.25) is 0 Å². The van der Waals surface area contributed by atoms with Gasteiger partial charge in [-0.1, -0.05) is 13.8 Å². The van der Waals surface area contributed by atoms with Crippen molar-refractivity contribution < 1.29 is 15.0 Å². The Labute approximate surface area is 96.9 Å². The summed E-state index contributed by atoms with van der Waals surface area (Å²) in [6.45, 7) is 4.47. The summed E-state index contributed by atoms with van der Waals surface area (Å²) in [7, 11) is 0. The lowest BCUT2D eigenvalue weighted by molar-refractivity contribution is -0.171. The highest BCUT2D eigenvalue weighted by Gasteiger charge is 2.52. The van der Waals surface area contributed by atoms with Crippen LogP contribution < -0.4 is 0 Å². The van der Waals surface area contributed by atoms with E-state index in [1.165, 1.54) is 6.42 Å². The standard InChI is InChI=1S/C13H22O3/c1-8-3-9(2)5-11(4-8)13(16)6-10(7-13)12(14)15/h8-11,16H,3-7H2,1-2H3,(H,14,15). The van der Waals surface area contributed by atoms with E-state index in [-0.39, 0.29) is 5.92 Å². The number of hydrogen-bond acceptors (Lipinski definition) is 2. The van der Waals surface area contributed by atoms with Crippen molar-refractivity contribution in [1.29, 1.82) is 0 Å². The largest absolute Gasteiger partial charge is 0.481 e. The molecule has 2 unspecified atom stereocenters. The summed E-state index contributed by atoms with van der Waals surface area (Å²) in [6.07, 6.45) is 4.30. The summed E-state index contributed by atoms with van der Waals surface area (Å²) in [5.41, 5.74) is -0.675. The first-order valence-electron chi connectivity index (χ1n) is 6.36. The lowest BCUT2D eigenvalue weighted by atomic mass is 9.59. The van der Waals surface area contributed by atoms with E-state index in [1.54, 1.807) is 0 Å². The number of hydrogen-bond donors (Lipinski definition) is 2. The summed E-state index contributed by atoms with van der Waals surface area (Å²) in [5, 5.41) is 19.3. The molecule has 0 aromatic heterocycles. The van der Waals surface area contributed by atoms with Gasteiger partial charge in [0.1, 0.15) is 0 Å². The molecular formula is C13H22O3. The highest BCUT2D eigenvalue weighted by atomic mass is 16.4. The topological polar surface area (TPSA) is 57.5 Å². The molecular weight excluding hydrogens is 204 g/mol. The Kier molecular flexibility index (Phi) is 2.99. The van der Waals surface area contributed by atoms with E-state index in [1.807, 2.05) is 0 Å². The van der Waals surface area contributed by atoms with E-state index >= 15 is 0 Å². The number of carboxylic acid groups (broad SMARTS) is 1. The zero-order valence-electron chi connectivity index (χ0n) is 10.1. The molecule has 0 heterocycles. The molecule has 0 aliphatic heterocycles. The maximum atomic E-state index is 10.8. The van der Waals surface area contributed by atoms with Crippen LogP contribution in [0.15, 0.2) is 0 Å². The van der Waals surface area contributed by atoms with Crippen LogP contribution in [0, 0.1) is 23.7 Å². The van der Waals surface area contributed by atoms with Crippen LogP contribution in [0.5, 0.6) is 0 Å². The highest BCUT2D eigenvalue weighted by molar-refractivity contribution is 5.71. The van der Waals surface area contributed by atoms with E-state index in [9.17, 15) is 9.90 Å². The molecule has 0 spiro atoms. The molecule has 16 heavy (non-hydrogen) atoms. The summed E-state index contributed by atoms with van der Waals surface area (Å²) in [4.78, 5) is 10.8. The van der Waals surface area contributed by atoms with Gasteiger partial charge in [-0.25, -0.2) is 0 Å². The van der Waals surface area contributed by atoms with Crippen molar-refractivity contribution in [2.45, 2.75) is 51.6 Å². The minimum Gasteiger partial charge on any atom is -0.481 e. The maximum absolute atomic E-state index is 10.8. The summed E-state index contributed by atoms with van der Waals surface area (Å²) < 4.78 is 0. The molecule has 3 nitrogen and oxygen atoms in total. The molecule has 0 radical (unpaired) electrons. The smallest absolute Gasteiger partial charge is 0.306 e. The second-order valence-corrected chi connectivity index (χ2v) is 6.16. The van der Waals surface area contributed by atoms with Gasteiger partial charge in [0.15, 0.2) is 0 Å². The first-order chi connectivity index (χ1) is 7.40. The average Bonchev–Trinajstić information content (AvgIpc) is 2.10. The predicted molar refractivity (Wildman–Crippen MR) is 61.0 cm³/mol. The second-order valence-electron chi connectivity index (χ2n) is 6.16. The fraction of sp³-hybridized carbons (Fsp3) is 0.923. The summed E-state index contributed by atoms with van der Waals surface area (Å²) >= 11 is 0. The van der Waals surface area contributed by atoms with Crippen molar-refractivity contribution in [3.63, 3.8) is 0 Å². The van der Waals surface area contributed by atoms with Crippen LogP contribution in [0.2, 0.25) is 0 Å². The zero-order chi connectivity index (χ0) is 11.9. The number of aliphatic carboxylic acids is 1. The van der Waals surface area contributed by atoms with Crippen LogP contribution in [0.3, 0.4) is 0 Å². The second kappa shape index (κ2) is 4.02. The van der Waals surface area contributed by atoms with E-state index in [4.69, 9.17) is 5.11 Å². The van der Waals surface area contributed by atoms with Gasteiger partial charge in [0.25, 0.3) is 0 Å². The van der Waals surface area contributed by atoms with Crippen molar-refractivity contribution in [2.24, 2.45) is 23.7 Å². The predicted octanol–water partition coefficient (Wildman–Crippen LogP) is 2.28. The summed E-state index contributed by atoms with van der Waals surface area (Å²) in [5.74, 6) is 0.601. The summed E-state index contributed by atoms with van der Waals surface area (Å²) in [6, 6.07) is 0. The van der Waals surface area contributed by atoms with Crippen molar-refractivity contribution in [3.8, 4) is 0 Å². The molecule has 0 aromatic rings. The van der Waals surface area contributed by atoms with Crippen molar-refractivity contribution >= 4 is 5.97 Å². The third kappa shape index (κ3) is 2.10. The monoisotopic (exact) mass is 226 g/mol. The Bertz CT molecular complexity index is 271. The third-order valence-corrected chi connectivity index (χ3v) is 4.49. The first-order valence-corrected chi connectivity index (χ1v) is 6.36. The van der Waals surface area contributed by atoms with Crippen LogP contribution in [-0.4, -0.2) is 21.8 Å². The Hall–Kier alpha value is -0.570. The minimum absolute atomic E-state index is 0.308. The van der Waals surface area contributed by atoms with Gasteiger partial charge < -0.3 is 10.2 Å². The molecule has 2 aliphatic rings. The molecule has 92 valence electrons. The molecule has 0 bridgehead atoms. The SMILES string of the molecule is CC1CC(C)CC(C2(O)CC(C(=O)O)C2)C1. The molecule has 2 atom stereocenters. The van der Waals surface area contributed by atoms with Gasteiger partial charge in [-0.2, -0.15) is 0 Å². The van der Waals surface area contributed by atoms with Crippen LogP contribution in [-0.2, 0) is 4.79 Å². The van der Waals surface area contributed by atoms with E-state index in [0.29, 0.717) is 30.6 Å². The van der Waals surface area contributed by atoms with Gasteiger partial charge in [-0.3, -0.25) is 4.79 Å². The van der Waals surface area contributed by atoms with E-state index in [0.717, 1.165) is 12.8 Å². The van der Waals surface area contributed by atoms with Crippen molar-refractivity contribution in [2.75, 3.05) is 0 Å². The van der Waals surface area contributed by atoms with Crippen LogP contribution in [0.4, 0.5) is 0 Å². The van der Waals surface area contributed by atoms with Gasteiger partial charge in [0, 0.05) is 0 Å². The quantitative estimate of drug-likeness (QED) is 0.759. The van der Waals surface area contributed by atoms with Gasteiger partial charge >= 0.3 is 5.97 Å². The number of carboxylic acids is 1.